The Morgan fingerprint density at radius 3 is 2.44 bits per heavy atom. The predicted molar refractivity (Wildman–Crippen MR) is 99.3 cm³/mol. The summed E-state index contributed by atoms with van der Waals surface area (Å²) in [5.74, 6) is 0.259. The molecule has 1 heterocycles. The zero-order chi connectivity index (χ0) is 17.6. The van der Waals surface area contributed by atoms with Crippen LogP contribution in [0.5, 0.6) is 5.75 Å². The molecule has 2 aromatic carbocycles. The van der Waals surface area contributed by atoms with Gasteiger partial charge in [0.05, 0.1) is 5.92 Å². The van der Waals surface area contributed by atoms with Gasteiger partial charge in [-0.05, 0) is 49.1 Å². The number of primary amides is 1. The highest BCUT2D eigenvalue weighted by Crippen LogP contribution is 2.27. The highest BCUT2D eigenvalue weighted by molar-refractivity contribution is 5.77. The molecule has 0 aliphatic carbocycles. The third kappa shape index (κ3) is 4.40. The molecular weight excluding hydrogens is 312 g/mol. The van der Waals surface area contributed by atoms with Gasteiger partial charge < -0.3 is 10.5 Å². The van der Waals surface area contributed by atoms with Crippen molar-refractivity contribution in [3.8, 4) is 5.75 Å². The standard InChI is InChI=1S/C21H26N2O2/c1-2-23-14-6-9-19(20(22)24)21(23)25-18-12-10-17(11-13-18)15-16-7-4-3-5-8-16/h3-5,7-8,10-13,19,21H,2,6,9,14-15H2,1H3,(H2,22,24). The summed E-state index contributed by atoms with van der Waals surface area (Å²) in [6.07, 6.45) is 2.41. The predicted octanol–water partition coefficient (Wildman–Crippen LogP) is 3.20. The van der Waals surface area contributed by atoms with Gasteiger partial charge in [0.2, 0.25) is 5.91 Å². The van der Waals surface area contributed by atoms with Crippen LogP contribution in [-0.4, -0.2) is 30.1 Å². The fourth-order valence-corrected chi connectivity index (χ4v) is 3.47. The molecule has 1 saturated heterocycles. The minimum Gasteiger partial charge on any atom is -0.474 e. The molecule has 0 saturated carbocycles. The fourth-order valence-electron chi connectivity index (χ4n) is 3.47. The normalized spacial score (nSPS) is 21.0. The van der Waals surface area contributed by atoms with Crippen molar-refractivity contribution in [1.29, 1.82) is 0 Å². The van der Waals surface area contributed by atoms with Gasteiger partial charge in [-0.2, -0.15) is 0 Å². The summed E-state index contributed by atoms with van der Waals surface area (Å²) >= 11 is 0. The molecule has 0 spiro atoms. The van der Waals surface area contributed by atoms with Crippen LogP contribution in [0.25, 0.3) is 0 Å². The van der Waals surface area contributed by atoms with Crippen LogP contribution in [0, 0.1) is 5.92 Å². The van der Waals surface area contributed by atoms with E-state index in [-0.39, 0.29) is 18.1 Å². The zero-order valence-corrected chi connectivity index (χ0v) is 14.7. The summed E-state index contributed by atoms with van der Waals surface area (Å²) in [5.41, 5.74) is 8.12. The van der Waals surface area contributed by atoms with E-state index in [4.69, 9.17) is 10.5 Å². The van der Waals surface area contributed by atoms with Crippen LogP contribution in [0.1, 0.15) is 30.9 Å². The van der Waals surface area contributed by atoms with Crippen molar-refractivity contribution in [3.63, 3.8) is 0 Å². The molecule has 2 unspecified atom stereocenters. The van der Waals surface area contributed by atoms with Crippen molar-refractivity contribution in [2.45, 2.75) is 32.4 Å². The van der Waals surface area contributed by atoms with Crippen LogP contribution >= 0.6 is 0 Å². The van der Waals surface area contributed by atoms with E-state index in [2.05, 4.69) is 48.2 Å². The van der Waals surface area contributed by atoms with Gasteiger partial charge in [-0.25, -0.2) is 0 Å². The summed E-state index contributed by atoms with van der Waals surface area (Å²) in [4.78, 5) is 14.0. The van der Waals surface area contributed by atoms with Crippen LogP contribution in [0.2, 0.25) is 0 Å². The molecule has 1 aliphatic heterocycles. The van der Waals surface area contributed by atoms with Crippen molar-refractivity contribution in [3.05, 3.63) is 65.7 Å². The molecule has 0 bridgehead atoms. The van der Waals surface area contributed by atoms with Crippen LogP contribution in [0.3, 0.4) is 0 Å². The minimum absolute atomic E-state index is 0.252. The molecule has 4 heteroatoms. The number of likely N-dealkylation sites (tertiary alicyclic amines) is 1. The summed E-state index contributed by atoms with van der Waals surface area (Å²) in [7, 11) is 0. The molecular formula is C21H26N2O2. The monoisotopic (exact) mass is 338 g/mol. The third-order valence-electron chi connectivity index (χ3n) is 4.87. The third-order valence-corrected chi connectivity index (χ3v) is 4.87. The minimum atomic E-state index is -0.274. The number of nitrogens with two attached hydrogens (primary N) is 1. The molecule has 0 radical (unpaired) electrons. The Hall–Kier alpha value is -2.33. The van der Waals surface area contributed by atoms with Crippen LogP contribution in [-0.2, 0) is 11.2 Å². The summed E-state index contributed by atoms with van der Waals surface area (Å²) < 4.78 is 6.16. The fraction of sp³-hybridized carbons (Fsp3) is 0.381. The van der Waals surface area contributed by atoms with E-state index in [0.29, 0.717) is 0 Å². The van der Waals surface area contributed by atoms with Crippen molar-refractivity contribution >= 4 is 5.91 Å². The summed E-state index contributed by atoms with van der Waals surface area (Å²) in [6.45, 7) is 3.88. The molecule has 2 atom stereocenters. The van der Waals surface area contributed by atoms with Gasteiger partial charge in [-0.3, -0.25) is 9.69 Å². The highest BCUT2D eigenvalue weighted by Gasteiger charge is 2.35. The van der Waals surface area contributed by atoms with E-state index in [1.807, 2.05) is 18.2 Å². The Labute approximate surface area is 149 Å². The number of amides is 1. The number of carbonyl (C=O) groups excluding carboxylic acids is 1. The largest absolute Gasteiger partial charge is 0.474 e. The number of rotatable bonds is 6. The molecule has 2 aromatic rings. The van der Waals surface area contributed by atoms with Crippen molar-refractivity contribution in [2.75, 3.05) is 13.1 Å². The maximum Gasteiger partial charge on any atom is 0.225 e. The quantitative estimate of drug-likeness (QED) is 0.880. The Bertz CT molecular complexity index is 685. The number of carbonyl (C=O) groups is 1. The Morgan fingerprint density at radius 1 is 1.12 bits per heavy atom. The lowest BCUT2D eigenvalue weighted by Crippen LogP contribution is -2.52. The van der Waals surface area contributed by atoms with E-state index in [9.17, 15) is 4.79 Å². The topological polar surface area (TPSA) is 55.6 Å². The molecule has 4 nitrogen and oxygen atoms in total. The van der Waals surface area contributed by atoms with E-state index in [0.717, 1.165) is 38.1 Å². The Balaban J connectivity index is 1.69. The van der Waals surface area contributed by atoms with E-state index in [1.165, 1.54) is 11.1 Å². The molecule has 3 rings (SSSR count). The number of nitrogens with zero attached hydrogens (tertiary/aromatic N) is 1. The molecule has 1 amide bonds. The lowest BCUT2D eigenvalue weighted by Gasteiger charge is -2.39. The number of ether oxygens (including phenoxy) is 1. The van der Waals surface area contributed by atoms with Gasteiger partial charge in [0.25, 0.3) is 0 Å². The zero-order valence-electron chi connectivity index (χ0n) is 14.7. The lowest BCUT2D eigenvalue weighted by atomic mass is 9.95. The van der Waals surface area contributed by atoms with Crippen LogP contribution in [0.15, 0.2) is 54.6 Å². The maximum absolute atomic E-state index is 11.8. The SMILES string of the molecule is CCN1CCCC(C(N)=O)C1Oc1ccc(Cc2ccccc2)cc1. The first-order valence-electron chi connectivity index (χ1n) is 9.00. The van der Waals surface area contributed by atoms with Crippen molar-refractivity contribution in [1.82, 2.24) is 4.90 Å². The smallest absolute Gasteiger partial charge is 0.225 e. The number of piperidine rings is 1. The highest BCUT2D eigenvalue weighted by atomic mass is 16.5. The van der Waals surface area contributed by atoms with Crippen LogP contribution < -0.4 is 10.5 Å². The molecule has 1 aliphatic rings. The summed E-state index contributed by atoms with van der Waals surface area (Å²) in [6, 6.07) is 18.5. The maximum atomic E-state index is 11.8. The van der Waals surface area contributed by atoms with Gasteiger partial charge in [0.1, 0.15) is 5.75 Å². The second kappa shape index (κ2) is 8.17. The number of benzene rings is 2. The van der Waals surface area contributed by atoms with E-state index < -0.39 is 0 Å². The van der Waals surface area contributed by atoms with E-state index in [1.54, 1.807) is 0 Å². The molecule has 0 aromatic heterocycles. The average molecular weight is 338 g/mol. The molecule has 1 fully saturated rings. The first kappa shape index (κ1) is 17.5. The van der Waals surface area contributed by atoms with Crippen molar-refractivity contribution in [2.24, 2.45) is 11.7 Å². The molecule has 25 heavy (non-hydrogen) atoms. The Kier molecular flexibility index (Phi) is 5.71. The second-order valence-corrected chi connectivity index (χ2v) is 6.59. The second-order valence-electron chi connectivity index (χ2n) is 6.59. The van der Waals surface area contributed by atoms with Gasteiger partial charge in [0.15, 0.2) is 6.23 Å². The van der Waals surface area contributed by atoms with E-state index >= 15 is 0 Å². The van der Waals surface area contributed by atoms with Gasteiger partial charge >= 0.3 is 0 Å². The van der Waals surface area contributed by atoms with Gasteiger partial charge in [-0.1, -0.05) is 49.4 Å². The molecule has 2 N–H and O–H groups in total. The van der Waals surface area contributed by atoms with Crippen molar-refractivity contribution < 1.29 is 9.53 Å². The molecule has 132 valence electrons. The average Bonchev–Trinajstić information content (AvgIpc) is 2.64. The Morgan fingerprint density at radius 2 is 1.80 bits per heavy atom. The van der Waals surface area contributed by atoms with Crippen LogP contribution in [0.4, 0.5) is 0 Å². The van der Waals surface area contributed by atoms with Gasteiger partial charge in [0, 0.05) is 6.54 Å². The first-order chi connectivity index (χ1) is 12.2. The number of hydrogen-bond acceptors (Lipinski definition) is 3. The number of hydrogen-bond donors (Lipinski definition) is 1. The first-order valence-corrected chi connectivity index (χ1v) is 9.00. The summed E-state index contributed by atoms with van der Waals surface area (Å²) in [5, 5.41) is 0. The lowest BCUT2D eigenvalue weighted by molar-refractivity contribution is -0.133. The van der Waals surface area contributed by atoms with Gasteiger partial charge in [-0.15, -0.1) is 0 Å².